The zero-order chi connectivity index (χ0) is 13.7. The lowest BCUT2D eigenvalue weighted by Gasteiger charge is -2.33. The van der Waals surface area contributed by atoms with Crippen LogP contribution in [0.1, 0.15) is 37.8 Å². The van der Waals surface area contributed by atoms with E-state index in [0.717, 1.165) is 29.7 Å². The number of benzene rings is 1. The number of esters is 1. The Morgan fingerprint density at radius 1 is 1.32 bits per heavy atom. The molecule has 1 heterocycles. The van der Waals surface area contributed by atoms with E-state index in [9.17, 15) is 4.79 Å². The van der Waals surface area contributed by atoms with Crippen molar-refractivity contribution in [3.05, 3.63) is 29.3 Å². The minimum Gasteiger partial charge on any atom is -0.468 e. The van der Waals surface area contributed by atoms with Gasteiger partial charge < -0.3 is 14.2 Å². The number of hydrogen-bond donors (Lipinski definition) is 0. The first kappa shape index (κ1) is 12.5. The van der Waals surface area contributed by atoms with Crippen molar-refractivity contribution in [1.29, 1.82) is 0 Å². The van der Waals surface area contributed by atoms with Crippen LogP contribution in [0.15, 0.2) is 18.2 Å². The van der Waals surface area contributed by atoms with Gasteiger partial charge in [-0.15, -0.1) is 0 Å². The van der Waals surface area contributed by atoms with E-state index in [0.29, 0.717) is 6.61 Å². The average Bonchev–Trinajstić information content (AvgIpc) is 3.17. The van der Waals surface area contributed by atoms with Crippen LogP contribution in [0.3, 0.4) is 0 Å². The highest BCUT2D eigenvalue weighted by atomic mass is 16.7. The van der Waals surface area contributed by atoms with Gasteiger partial charge in [0.25, 0.3) is 0 Å². The number of fused-ring (bicyclic) bond motifs is 1. The van der Waals surface area contributed by atoms with Crippen molar-refractivity contribution in [3.8, 4) is 5.75 Å². The summed E-state index contributed by atoms with van der Waals surface area (Å²) in [5, 5.41) is 0. The molecule has 1 aliphatic carbocycles. The molecule has 0 unspecified atom stereocenters. The Labute approximate surface area is 112 Å². The highest BCUT2D eigenvalue weighted by molar-refractivity contribution is 5.86. The number of carbonyl (C=O) groups is 1. The largest absolute Gasteiger partial charge is 0.468 e. The van der Waals surface area contributed by atoms with Crippen LogP contribution in [0, 0.1) is 0 Å². The van der Waals surface area contributed by atoms with Crippen LogP contribution in [-0.2, 0) is 26.3 Å². The fourth-order valence-electron chi connectivity index (χ4n) is 2.54. The van der Waals surface area contributed by atoms with Gasteiger partial charge in [0.2, 0.25) is 5.79 Å². The topological polar surface area (TPSA) is 44.8 Å². The van der Waals surface area contributed by atoms with E-state index in [1.807, 2.05) is 32.0 Å². The minimum absolute atomic E-state index is 0.154. The Morgan fingerprint density at radius 3 is 2.68 bits per heavy atom. The summed E-state index contributed by atoms with van der Waals surface area (Å²) in [6.45, 7) is 4.31. The molecule has 0 amide bonds. The van der Waals surface area contributed by atoms with E-state index in [2.05, 4.69) is 0 Å². The molecule has 0 radical (unpaired) electrons. The van der Waals surface area contributed by atoms with Crippen molar-refractivity contribution in [2.75, 3.05) is 7.11 Å². The van der Waals surface area contributed by atoms with E-state index in [-0.39, 0.29) is 5.97 Å². The van der Waals surface area contributed by atoms with Crippen molar-refractivity contribution in [3.63, 3.8) is 0 Å². The predicted molar refractivity (Wildman–Crippen MR) is 68.9 cm³/mol. The number of methoxy groups -OCH3 is 1. The molecular weight excluding hydrogens is 244 g/mol. The van der Waals surface area contributed by atoms with Crippen LogP contribution in [-0.4, -0.2) is 18.9 Å². The summed E-state index contributed by atoms with van der Waals surface area (Å²) in [7, 11) is 1.44. The van der Waals surface area contributed by atoms with Gasteiger partial charge in [-0.3, -0.25) is 4.79 Å². The molecule has 0 aromatic heterocycles. The Hall–Kier alpha value is -1.55. The normalized spacial score (nSPS) is 22.1. The van der Waals surface area contributed by atoms with Crippen molar-refractivity contribution >= 4 is 5.97 Å². The number of carbonyl (C=O) groups excluding carboxylic acids is 1. The maximum absolute atomic E-state index is 11.9. The standard InChI is InChI=1S/C15H18O4/c1-14(2)18-9-10-4-5-11(8-12(10)19-14)15(6-7-15)13(16)17-3/h4-5,8H,6-7,9H2,1-3H3. The van der Waals surface area contributed by atoms with Crippen LogP contribution < -0.4 is 4.74 Å². The maximum Gasteiger partial charge on any atom is 0.316 e. The summed E-state index contributed by atoms with van der Waals surface area (Å²) in [6, 6.07) is 5.92. The smallest absolute Gasteiger partial charge is 0.316 e. The van der Waals surface area contributed by atoms with E-state index in [1.54, 1.807) is 0 Å². The lowest BCUT2D eigenvalue weighted by Crippen LogP contribution is -2.35. The molecule has 2 aliphatic rings. The van der Waals surface area contributed by atoms with Gasteiger partial charge in [0, 0.05) is 19.4 Å². The molecule has 0 atom stereocenters. The van der Waals surface area contributed by atoms with Crippen molar-refractivity contribution in [2.45, 2.75) is 44.5 Å². The Bertz CT molecular complexity index is 529. The molecule has 1 saturated carbocycles. The van der Waals surface area contributed by atoms with Crippen molar-refractivity contribution < 1.29 is 19.0 Å². The molecule has 0 spiro atoms. The van der Waals surface area contributed by atoms with Gasteiger partial charge in [0.05, 0.1) is 19.1 Å². The summed E-state index contributed by atoms with van der Waals surface area (Å²) in [6.07, 6.45) is 1.69. The molecule has 4 heteroatoms. The summed E-state index contributed by atoms with van der Waals surface area (Å²) in [5.74, 6) is 0.0378. The lowest BCUT2D eigenvalue weighted by atomic mass is 9.94. The molecule has 0 bridgehead atoms. The summed E-state index contributed by atoms with van der Waals surface area (Å²) >= 11 is 0. The van der Waals surface area contributed by atoms with Gasteiger partial charge in [0.1, 0.15) is 5.75 Å². The Balaban J connectivity index is 1.96. The maximum atomic E-state index is 11.9. The molecular formula is C15H18O4. The zero-order valence-corrected chi connectivity index (χ0v) is 11.5. The molecule has 1 fully saturated rings. The summed E-state index contributed by atoms with van der Waals surface area (Å²) in [5.41, 5.74) is 1.55. The van der Waals surface area contributed by atoms with Crippen LogP contribution in [0.25, 0.3) is 0 Å². The van der Waals surface area contributed by atoms with Gasteiger partial charge in [-0.05, 0) is 24.5 Å². The number of rotatable bonds is 2. The second kappa shape index (κ2) is 3.97. The van der Waals surface area contributed by atoms with Gasteiger partial charge in [-0.1, -0.05) is 12.1 Å². The molecule has 102 valence electrons. The van der Waals surface area contributed by atoms with E-state index in [1.165, 1.54) is 7.11 Å². The third-order valence-electron chi connectivity index (χ3n) is 3.88. The van der Waals surface area contributed by atoms with Crippen LogP contribution in [0.5, 0.6) is 5.75 Å². The molecule has 1 aromatic rings. The summed E-state index contributed by atoms with van der Waals surface area (Å²) in [4.78, 5) is 11.9. The predicted octanol–water partition coefficient (Wildman–Crippen LogP) is 2.54. The van der Waals surface area contributed by atoms with Gasteiger partial charge >= 0.3 is 5.97 Å². The van der Waals surface area contributed by atoms with Gasteiger partial charge in [-0.2, -0.15) is 0 Å². The fourth-order valence-corrected chi connectivity index (χ4v) is 2.54. The lowest BCUT2D eigenvalue weighted by molar-refractivity contribution is -0.180. The Morgan fingerprint density at radius 2 is 2.05 bits per heavy atom. The van der Waals surface area contributed by atoms with E-state index >= 15 is 0 Å². The molecule has 19 heavy (non-hydrogen) atoms. The quantitative estimate of drug-likeness (QED) is 0.768. The second-order valence-electron chi connectivity index (χ2n) is 5.69. The summed E-state index contributed by atoms with van der Waals surface area (Å²) < 4.78 is 16.3. The van der Waals surface area contributed by atoms with E-state index < -0.39 is 11.2 Å². The molecule has 0 N–H and O–H groups in total. The van der Waals surface area contributed by atoms with Crippen molar-refractivity contribution in [2.24, 2.45) is 0 Å². The fraction of sp³-hybridized carbons (Fsp3) is 0.533. The highest BCUT2D eigenvalue weighted by Crippen LogP contribution is 2.50. The molecule has 4 nitrogen and oxygen atoms in total. The number of ether oxygens (including phenoxy) is 3. The first-order valence-electron chi connectivity index (χ1n) is 6.52. The molecule has 1 aromatic carbocycles. The van der Waals surface area contributed by atoms with Gasteiger partial charge in [-0.25, -0.2) is 0 Å². The second-order valence-corrected chi connectivity index (χ2v) is 5.69. The van der Waals surface area contributed by atoms with Crippen LogP contribution >= 0.6 is 0 Å². The van der Waals surface area contributed by atoms with Crippen LogP contribution in [0.2, 0.25) is 0 Å². The monoisotopic (exact) mass is 262 g/mol. The SMILES string of the molecule is COC(=O)C1(c2ccc3c(c2)OC(C)(C)OC3)CC1. The highest BCUT2D eigenvalue weighted by Gasteiger charge is 2.52. The number of hydrogen-bond acceptors (Lipinski definition) is 4. The van der Waals surface area contributed by atoms with E-state index in [4.69, 9.17) is 14.2 Å². The third-order valence-corrected chi connectivity index (χ3v) is 3.88. The Kier molecular flexibility index (Phi) is 2.61. The van der Waals surface area contributed by atoms with Gasteiger partial charge in [0.15, 0.2) is 0 Å². The molecule has 0 saturated heterocycles. The van der Waals surface area contributed by atoms with Crippen LogP contribution in [0.4, 0.5) is 0 Å². The molecule has 1 aliphatic heterocycles. The first-order valence-corrected chi connectivity index (χ1v) is 6.52. The van der Waals surface area contributed by atoms with Crippen molar-refractivity contribution in [1.82, 2.24) is 0 Å². The zero-order valence-electron chi connectivity index (χ0n) is 11.5. The molecule has 3 rings (SSSR count). The minimum atomic E-state index is -0.617. The third kappa shape index (κ3) is 2.00. The average molecular weight is 262 g/mol. The first-order chi connectivity index (χ1) is 8.97.